The van der Waals surface area contributed by atoms with Crippen molar-refractivity contribution in [2.75, 3.05) is 6.61 Å². The largest absolute Gasteiger partial charge is 0.463 e. The number of halogens is 2. The maximum absolute atomic E-state index is 15.0. The van der Waals surface area contributed by atoms with E-state index in [9.17, 15) is 28.8 Å². The minimum absolute atomic E-state index is 0.0214. The molecule has 1 aliphatic rings. The summed E-state index contributed by atoms with van der Waals surface area (Å²) >= 11 is 5.94. The lowest BCUT2D eigenvalue weighted by atomic mass is 10.1. The minimum atomic E-state index is -1.53. The Morgan fingerprint density at radius 1 is 0.980 bits per heavy atom. The van der Waals surface area contributed by atoms with E-state index in [1.54, 1.807) is 0 Å². The van der Waals surface area contributed by atoms with Crippen LogP contribution in [0.2, 0.25) is 5.02 Å². The molecule has 3 heterocycles. The summed E-state index contributed by atoms with van der Waals surface area (Å²) < 4.78 is 43.0. The summed E-state index contributed by atoms with van der Waals surface area (Å²) in [6.07, 6.45) is -1.12. The van der Waals surface area contributed by atoms with Crippen LogP contribution in [0.1, 0.15) is 52.8 Å². The summed E-state index contributed by atoms with van der Waals surface area (Å²) in [7, 11) is 0. The molecule has 0 unspecified atom stereocenters. The zero-order valence-corrected chi connectivity index (χ0v) is 26.6. The molecule has 14 nitrogen and oxygen atoms in total. The topological polar surface area (TPSA) is 171 Å². The average molecular weight is 696 g/mol. The number of hydrogen-bond acceptors (Lipinski definition) is 12. The van der Waals surface area contributed by atoms with Crippen molar-refractivity contribution >= 4 is 35.4 Å². The van der Waals surface area contributed by atoms with E-state index >= 15 is 4.39 Å². The third-order valence-corrected chi connectivity index (χ3v) is 7.40. The van der Waals surface area contributed by atoms with Crippen molar-refractivity contribution in [1.82, 2.24) is 14.1 Å². The highest BCUT2D eigenvalue weighted by Gasteiger charge is 2.39. The van der Waals surface area contributed by atoms with Gasteiger partial charge >= 0.3 is 23.6 Å². The molecule has 254 valence electrons. The molecule has 3 atom stereocenters. The highest BCUT2D eigenvalue weighted by atomic mass is 35.5. The van der Waals surface area contributed by atoms with Crippen LogP contribution >= 0.6 is 11.6 Å². The maximum Gasteiger partial charge on any atom is 0.344 e. The molecule has 0 spiro atoms. The first-order valence-electron chi connectivity index (χ1n) is 14.6. The van der Waals surface area contributed by atoms with Gasteiger partial charge in [0.05, 0.1) is 30.7 Å². The highest BCUT2D eigenvalue weighted by molar-refractivity contribution is 6.32. The fourth-order valence-corrected chi connectivity index (χ4v) is 5.00. The second kappa shape index (κ2) is 15.1. The number of aromatic nitrogens is 3. The number of esters is 3. The van der Waals surface area contributed by atoms with Crippen LogP contribution < -0.4 is 20.7 Å². The number of carbonyl (C=O) groups excluding carboxylic acids is 4. The van der Waals surface area contributed by atoms with Gasteiger partial charge in [-0.3, -0.25) is 23.7 Å². The van der Waals surface area contributed by atoms with Crippen LogP contribution in [-0.2, 0) is 30.4 Å². The van der Waals surface area contributed by atoms with Gasteiger partial charge in [-0.15, -0.1) is 0 Å². The molecule has 5 rings (SSSR count). The summed E-state index contributed by atoms with van der Waals surface area (Å²) in [5, 5.41) is -0.0214. The molecule has 16 heteroatoms. The first kappa shape index (κ1) is 34.8. The zero-order valence-electron chi connectivity index (χ0n) is 25.9. The average Bonchev–Trinajstić information content (AvgIpc) is 3.49. The van der Waals surface area contributed by atoms with Crippen LogP contribution in [0.3, 0.4) is 0 Å². The van der Waals surface area contributed by atoms with Gasteiger partial charge in [-0.2, -0.15) is 8.96 Å². The molecule has 1 saturated heterocycles. The molecule has 4 aromatic rings. The van der Waals surface area contributed by atoms with E-state index < -0.39 is 59.3 Å². The molecule has 0 aliphatic carbocycles. The number of carbonyl (C=O) groups is 4. The Morgan fingerprint density at radius 3 is 2.43 bits per heavy atom. The van der Waals surface area contributed by atoms with Gasteiger partial charge in [0.2, 0.25) is 11.7 Å². The van der Waals surface area contributed by atoms with E-state index in [-0.39, 0.29) is 52.0 Å². The number of nitrogens with zero attached hydrogens (tertiary/aromatic N) is 3. The van der Waals surface area contributed by atoms with Crippen molar-refractivity contribution < 1.29 is 47.3 Å². The van der Waals surface area contributed by atoms with Crippen LogP contribution in [-0.4, -0.2) is 56.7 Å². The van der Waals surface area contributed by atoms with Crippen LogP contribution in [0, 0.1) is 5.82 Å². The third kappa shape index (κ3) is 8.32. The smallest absolute Gasteiger partial charge is 0.344 e. The minimum Gasteiger partial charge on any atom is -0.463 e. The summed E-state index contributed by atoms with van der Waals surface area (Å²) in [4.78, 5) is 79.5. The monoisotopic (exact) mass is 695 g/mol. The maximum atomic E-state index is 15.0. The molecule has 1 aliphatic heterocycles. The van der Waals surface area contributed by atoms with Crippen molar-refractivity contribution in [2.24, 2.45) is 0 Å². The predicted molar refractivity (Wildman–Crippen MR) is 167 cm³/mol. The molecule has 2 aromatic carbocycles. The van der Waals surface area contributed by atoms with Crippen LogP contribution in [0.5, 0.6) is 11.6 Å². The Hall–Kier alpha value is -5.51. The molecular weight excluding hydrogens is 669 g/mol. The molecule has 0 amide bonds. The quantitative estimate of drug-likeness (QED) is 0.222. The lowest BCUT2D eigenvalue weighted by Crippen LogP contribution is -2.46. The van der Waals surface area contributed by atoms with E-state index in [4.69, 9.17) is 35.3 Å². The second-order valence-corrected chi connectivity index (χ2v) is 11.0. The Labute approximate surface area is 281 Å². The Morgan fingerprint density at radius 2 is 1.71 bits per heavy atom. The third-order valence-electron chi connectivity index (χ3n) is 7.11. The van der Waals surface area contributed by atoms with E-state index in [2.05, 4.69) is 4.98 Å². The van der Waals surface area contributed by atoms with Gasteiger partial charge in [-0.25, -0.2) is 14.6 Å². The summed E-state index contributed by atoms with van der Waals surface area (Å²) in [6.45, 7) is 2.27. The van der Waals surface area contributed by atoms with Gasteiger partial charge in [0.1, 0.15) is 24.0 Å². The fraction of sp³-hybridized carbons (Fsp3) is 0.242. The summed E-state index contributed by atoms with van der Waals surface area (Å²) in [6, 6.07) is 15.0. The number of ether oxygens (including phenoxy) is 5. The van der Waals surface area contributed by atoms with Gasteiger partial charge < -0.3 is 23.7 Å². The van der Waals surface area contributed by atoms with Crippen molar-refractivity contribution in [3.8, 4) is 11.6 Å². The second-order valence-electron chi connectivity index (χ2n) is 10.6. The van der Waals surface area contributed by atoms with E-state index in [1.165, 1.54) is 25.1 Å². The number of benzene rings is 2. The molecular formula is C33H27ClFN3O11. The number of pyridine rings is 1. The Kier molecular flexibility index (Phi) is 10.8. The van der Waals surface area contributed by atoms with Crippen molar-refractivity contribution in [2.45, 2.75) is 45.3 Å². The van der Waals surface area contributed by atoms with Crippen molar-refractivity contribution in [3.05, 3.63) is 121 Å². The molecule has 0 N–H and O–H groups in total. The van der Waals surface area contributed by atoms with Crippen LogP contribution in [0.15, 0.2) is 82.6 Å². The molecule has 0 saturated carbocycles. The van der Waals surface area contributed by atoms with Crippen LogP contribution in [0.4, 0.5) is 4.39 Å². The van der Waals surface area contributed by atoms with Gasteiger partial charge in [-0.05, 0) is 23.8 Å². The van der Waals surface area contributed by atoms with Gasteiger partial charge in [-0.1, -0.05) is 48.0 Å². The van der Waals surface area contributed by atoms with E-state index in [0.29, 0.717) is 6.20 Å². The van der Waals surface area contributed by atoms with Crippen molar-refractivity contribution in [3.63, 3.8) is 0 Å². The number of hydrogen-bond donors (Lipinski definition) is 0. The van der Waals surface area contributed by atoms with Crippen molar-refractivity contribution in [1.29, 1.82) is 0 Å². The Balaban J connectivity index is 1.39. The Bertz CT molecular complexity index is 2030. The lowest BCUT2D eigenvalue weighted by Gasteiger charge is -2.18. The SMILES string of the molecule is CC(=O)OC[C@H]1O[C@@H](n2cc(F)c(=O)n(C(=O)c3cccc(C(=O)Oc4cc(OC(C)=O)c(Cl)cn4)c3)c2=O)C[C@@H]1OCc1ccccc1. The zero-order chi connectivity index (χ0) is 35.2. The van der Waals surface area contributed by atoms with Crippen LogP contribution in [0.25, 0.3) is 0 Å². The predicted octanol–water partition coefficient (Wildman–Crippen LogP) is 3.47. The van der Waals surface area contributed by atoms with E-state index in [1.807, 2.05) is 30.3 Å². The highest BCUT2D eigenvalue weighted by Crippen LogP contribution is 2.31. The summed E-state index contributed by atoms with van der Waals surface area (Å²) in [5.74, 6) is -5.36. The van der Waals surface area contributed by atoms with E-state index in [0.717, 1.165) is 35.4 Å². The van der Waals surface area contributed by atoms with Gasteiger partial charge in [0, 0.05) is 31.9 Å². The number of rotatable bonds is 10. The molecule has 0 bridgehead atoms. The normalized spacial score (nSPS) is 16.9. The van der Waals surface area contributed by atoms with Gasteiger partial charge in [0.25, 0.3) is 11.5 Å². The fourth-order valence-electron chi connectivity index (χ4n) is 4.85. The first-order valence-corrected chi connectivity index (χ1v) is 15.0. The molecule has 2 aromatic heterocycles. The lowest BCUT2D eigenvalue weighted by molar-refractivity contribution is -0.148. The molecule has 0 radical (unpaired) electrons. The summed E-state index contributed by atoms with van der Waals surface area (Å²) in [5.41, 5.74) is -2.46. The molecule has 49 heavy (non-hydrogen) atoms. The standard InChI is InChI=1S/C33H27ClFN3O11/c1-18(39)45-17-27-26(46-16-20-7-4-3-5-8-20)13-29(48-27)37-15-24(35)31(42)38(33(37)44)30(41)21-9-6-10-22(11-21)32(43)49-28-12-25(47-19(2)40)23(34)14-36-28/h3-12,14-15,26-27,29H,13,16-17H2,1-2H3/t26-,27+,29+/m0/s1. The molecule has 1 fully saturated rings. The van der Waals surface area contributed by atoms with Gasteiger partial charge in [0.15, 0.2) is 5.75 Å². The first-order chi connectivity index (χ1) is 23.4.